The maximum atomic E-state index is 12.2. The van der Waals surface area contributed by atoms with Crippen LogP contribution in [0.4, 0.5) is 8.78 Å². The molecule has 0 unspecified atom stereocenters. The van der Waals surface area contributed by atoms with Crippen molar-refractivity contribution in [2.45, 2.75) is 19.8 Å². The Kier molecular flexibility index (Phi) is 3.52. The largest absolute Gasteiger partial charge is 0.242 e. The second kappa shape index (κ2) is 5.09. The van der Waals surface area contributed by atoms with Crippen molar-refractivity contribution in [2.75, 3.05) is 0 Å². The highest BCUT2D eigenvalue weighted by Crippen LogP contribution is 2.21. The molecule has 0 aliphatic rings. The summed E-state index contributed by atoms with van der Waals surface area (Å²) in [6, 6.07) is 15.5. The van der Waals surface area contributed by atoms with Gasteiger partial charge in [-0.05, 0) is 23.6 Å². The number of hydrogen-bond acceptors (Lipinski definition) is 0. The molecule has 17 heavy (non-hydrogen) atoms. The van der Waals surface area contributed by atoms with Gasteiger partial charge >= 0.3 is 0 Å². The number of hydrogen-bond donors (Lipinski definition) is 0. The maximum Gasteiger partial charge on any atom is 0.242 e. The Labute approximate surface area is 99.9 Å². The van der Waals surface area contributed by atoms with Crippen molar-refractivity contribution in [2.24, 2.45) is 0 Å². The molecule has 0 heterocycles. The first-order chi connectivity index (χ1) is 8.15. The van der Waals surface area contributed by atoms with Crippen molar-refractivity contribution in [3.05, 3.63) is 59.7 Å². The fourth-order valence-electron chi connectivity index (χ4n) is 1.84. The lowest BCUT2D eigenvalue weighted by Gasteiger charge is -2.05. The molecule has 0 N–H and O–H groups in total. The summed E-state index contributed by atoms with van der Waals surface area (Å²) in [5, 5.41) is 0. The molecule has 2 heteroatoms. The quantitative estimate of drug-likeness (QED) is 0.732. The normalized spacial score (nSPS) is 10.8. The van der Waals surface area contributed by atoms with Gasteiger partial charge in [-0.3, -0.25) is 0 Å². The summed E-state index contributed by atoms with van der Waals surface area (Å²) in [4.78, 5) is 0. The number of rotatable bonds is 3. The van der Waals surface area contributed by atoms with Crippen LogP contribution in [0.2, 0.25) is 0 Å². The molecular weight excluding hydrogens is 218 g/mol. The minimum atomic E-state index is -2.28. The van der Waals surface area contributed by atoms with Crippen LogP contribution in [0.3, 0.4) is 0 Å². The van der Waals surface area contributed by atoms with Crippen LogP contribution in [0, 0.1) is 6.92 Å². The third-order valence-electron chi connectivity index (χ3n) is 2.70. The molecular formula is C15H14F2. The molecule has 0 fully saturated rings. The molecule has 2 rings (SSSR count). The zero-order valence-corrected chi connectivity index (χ0v) is 9.66. The number of alkyl halides is 2. The third-order valence-corrected chi connectivity index (χ3v) is 2.70. The van der Waals surface area contributed by atoms with Crippen molar-refractivity contribution in [3.8, 4) is 11.1 Å². The molecule has 0 spiro atoms. The Morgan fingerprint density at radius 2 is 1.65 bits per heavy atom. The van der Waals surface area contributed by atoms with Gasteiger partial charge in [-0.2, -0.15) is 0 Å². The van der Waals surface area contributed by atoms with E-state index in [1.807, 2.05) is 37.3 Å². The molecule has 0 bridgehead atoms. The second-order valence-electron chi connectivity index (χ2n) is 4.16. The first kappa shape index (κ1) is 11.8. The highest BCUT2D eigenvalue weighted by atomic mass is 19.3. The lowest BCUT2D eigenvalue weighted by atomic mass is 10.0. The molecule has 0 aliphatic heterocycles. The zero-order valence-electron chi connectivity index (χ0n) is 9.66. The Balaban J connectivity index is 2.23. The van der Waals surface area contributed by atoms with Crippen LogP contribution < -0.4 is 0 Å². The van der Waals surface area contributed by atoms with Gasteiger partial charge in [0.05, 0.1) is 0 Å². The predicted octanol–water partition coefficient (Wildman–Crippen LogP) is 4.47. The summed E-state index contributed by atoms with van der Waals surface area (Å²) in [5.74, 6) is 0. The molecule has 88 valence electrons. The molecule has 0 radical (unpaired) electrons. The summed E-state index contributed by atoms with van der Waals surface area (Å²) in [6.07, 6.45) is -2.45. The van der Waals surface area contributed by atoms with Crippen molar-refractivity contribution >= 4 is 0 Å². The molecule has 0 amide bonds. The Morgan fingerprint density at radius 3 is 2.24 bits per heavy atom. The Hall–Kier alpha value is -1.70. The molecule has 2 aromatic carbocycles. The fraction of sp³-hybridized carbons (Fsp3) is 0.200. The van der Waals surface area contributed by atoms with Crippen molar-refractivity contribution in [3.63, 3.8) is 0 Å². The summed E-state index contributed by atoms with van der Waals surface area (Å²) >= 11 is 0. The Morgan fingerprint density at radius 1 is 0.941 bits per heavy atom. The van der Waals surface area contributed by atoms with Crippen LogP contribution in [0.1, 0.15) is 11.1 Å². The number of aryl methyl sites for hydroxylation is 1. The van der Waals surface area contributed by atoms with E-state index >= 15 is 0 Å². The first-order valence-electron chi connectivity index (χ1n) is 5.59. The minimum absolute atomic E-state index is 0.173. The van der Waals surface area contributed by atoms with Gasteiger partial charge in [0.25, 0.3) is 0 Å². The van der Waals surface area contributed by atoms with Crippen LogP contribution in [0.25, 0.3) is 11.1 Å². The summed E-state index contributed by atoms with van der Waals surface area (Å²) in [5.41, 5.74) is 4.05. The van der Waals surface area contributed by atoms with Crippen molar-refractivity contribution in [1.29, 1.82) is 0 Å². The van der Waals surface area contributed by atoms with E-state index in [4.69, 9.17) is 0 Å². The fourth-order valence-corrected chi connectivity index (χ4v) is 1.84. The van der Waals surface area contributed by atoms with Crippen LogP contribution in [-0.2, 0) is 6.42 Å². The van der Waals surface area contributed by atoms with Gasteiger partial charge in [-0.1, -0.05) is 54.1 Å². The van der Waals surface area contributed by atoms with E-state index in [0.29, 0.717) is 5.56 Å². The monoisotopic (exact) mass is 232 g/mol. The summed E-state index contributed by atoms with van der Waals surface area (Å²) in [7, 11) is 0. The average Bonchev–Trinajstić information content (AvgIpc) is 2.29. The first-order valence-corrected chi connectivity index (χ1v) is 5.59. The van der Waals surface area contributed by atoms with Gasteiger partial charge in [0.2, 0.25) is 6.43 Å². The van der Waals surface area contributed by atoms with Gasteiger partial charge in [0.1, 0.15) is 0 Å². The number of halogens is 2. The Bertz CT molecular complexity index is 487. The molecule has 0 saturated carbocycles. The van der Waals surface area contributed by atoms with E-state index in [0.717, 1.165) is 11.1 Å². The van der Waals surface area contributed by atoms with E-state index in [9.17, 15) is 8.78 Å². The van der Waals surface area contributed by atoms with E-state index in [1.165, 1.54) is 5.56 Å². The SMILES string of the molecule is Cc1cccc(-c2ccc(CC(F)F)cc2)c1. The summed E-state index contributed by atoms with van der Waals surface area (Å²) < 4.78 is 24.4. The molecule has 2 aromatic rings. The van der Waals surface area contributed by atoms with Crippen molar-refractivity contribution in [1.82, 2.24) is 0 Å². The van der Waals surface area contributed by atoms with Crippen LogP contribution >= 0.6 is 0 Å². The van der Waals surface area contributed by atoms with E-state index in [1.54, 1.807) is 12.1 Å². The van der Waals surface area contributed by atoms with Gasteiger partial charge in [-0.25, -0.2) is 8.78 Å². The van der Waals surface area contributed by atoms with E-state index < -0.39 is 6.43 Å². The molecule has 0 atom stereocenters. The lowest BCUT2D eigenvalue weighted by Crippen LogP contribution is -1.95. The standard InChI is InChI=1S/C15H14F2/c1-11-3-2-4-14(9-11)13-7-5-12(6-8-13)10-15(16)17/h2-9,15H,10H2,1H3. The predicted molar refractivity (Wildman–Crippen MR) is 66.3 cm³/mol. The molecule has 0 nitrogen and oxygen atoms in total. The highest BCUT2D eigenvalue weighted by Gasteiger charge is 2.04. The molecule has 0 aromatic heterocycles. The zero-order chi connectivity index (χ0) is 12.3. The highest BCUT2D eigenvalue weighted by molar-refractivity contribution is 5.64. The van der Waals surface area contributed by atoms with E-state index in [2.05, 4.69) is 6.07 Å². The maximum absolute atomic E-state index is 12.2. The van der Waals surface area contributed by atoms with Crippen LogP contribution in [-0.4, -0.2) is 6.43 Å². The van der Waals surface area contributed by atoms with Crippen LogP contribution in [0.15, 0.2) is 48.5 Å². The smallest absolute Gasteiger partial charge is 0.210 e. The third kappa shape index (κ3) is 3.13. The van der Waals surface area contributed by atoms with Crippen LogP contribution in [0.5, 0.6) is 0 Å². The van der Waals surface area contributed by atoms with Gasteiger partial charge in [-0.15, -0.1) is 0 Å². The topological polar surface area (TPSA) is 0 Å². The minimum Gasteiger partial charge on any atom is -0.210 e. The number of benzene rings is 2. The molecule has 0 aliphatic carbocycles. The van der Waals surface area contributed by atoms with Crippen molar-refractivity contribution < 1.29 is 8.78 Å². The lowest BCUT2D eigenvalue weighted by molar-refractivity contribution is 0.149. The van der Waals surface area contributed by atoms with Gasteiger partial charge < -0.3 is 0 Å². The molecule has 0 saturated heterocycles. The van der Waals surface area contributed by atoms with Gasteiger partial charge in [0.15, 0.2) is 0 Å². The average molecular weight is 232 g/mol. The summed E-state index contributed by atoms with van der Waals surface area (Å²) in [6.45, 7) is 2.04. The van der Waals surface area contributed by atoms with Gasteiger partial charge in [0, 0.05) is 6.42 Å². The van der Waals surface area contributed by atoms with E-state index in [-0.39, 0.29) is 6.42 Å². The second-order valence-corrected chi connectivity index (χ2v) is 4.16.